The summed E-state index contributed by atoms with van der Waals surface area (Å²) in [5, 5.41) is 15.5. The van der Waals surface area contributed by atoms with E-state index < -0.39 is 0 Å². The Morgan fingerprint density at radius 2 is 1.00 bits per heavy atom. The predicted molar refractivity (Wildman–Crippen MR) is 6.34 cm³/mol. The molecule has 2 N–H and O–H groups in total. The quantitative estimate of drug-likeness (QED) is 0.393. The third-order valence-corrected chi connectivity index (χ3v) is 0. The standard InChI is InChI=1S/2Co.H2O3/c;;1-3-2/h;;1-2H. The van der Waals surface area contributed by atoms with Crippen molar-refractivity contribution in [2.75, 3.05) is 0 Å². The number of hydrogen-bond donors (Lipinski definition) is 2. The number of hydrogen-bond acceptors (Lipinski definition) is 3. The fraction of sp³-hybridized carbons (Fsp3) is 0. The van der Waals surface area contributed by atoms with Crippen molar-refractivity contribution in [2.24, 2.45) is 0 Å². The van der Waals surface area contributed by atoms with Crippen LogP contribution in [0.25, 0.3) is 0 Å². The molecule has 0 unspecified atom stereocenters. The second kappa shape index (κ2) is 20.7. The van der Waals surface area contributed by atoms with Gasteiger partial charge in [-0.3, -0.25) is 0 Å². The van der Waals surface area contributed by atoms with Crippen LogP contribution in [0.5, 0.6) is 0 Å². The summed E-state index contributed by atoms with van der Waals surface area (Å²) in [6, 6.07) is 0. The average Bonchev–Trinajstić information content (AvgIpc) is 0.918. The second-order valence-corrected chi connectivity index (χ2v) is 0.0816. The molecule has 0 aromatic heterocycles. The molecule has 0 aliphatic rings. The Hall–Kier alpha value is 0.893. The molecule has 0 amide bonds. The Labute approximate surface area is 49.6 Å². The molecule has 0 bridgehead atoms. The second-order valence-electron chi connectivity index (χ2n) is 0.0816. The molecule has 5 heavy (non-hydrogen) atoms. The van der Waals surface area contributed by atoms with Gasteiger partial charge in [0.25, 0.3) is 0 Å². The molecule has 2 radical (unpaired) electrons. The summed E-state index contributed by atoms with van der Waals surface area (Å²) in [5.41, 5.74) is 0. The summed E-state index contributed by atoms with van der Waals surface area (Å²) < 4.78 is 0. The largest absolute Gasteiger partial charge is 0.221 e. The molecule has 0 spiro atoms. The van der Waals surface area contributed by atoms with E-state index in [0.29, 0.717) is 0 Å². The fourth-order valence-corrected chi connectivity index (χ4v) is 0. The van der Waals surface area contributed by atoms with E-state index in [1.807, 2.05) is 0 Å². The zero-order valence-corrected chi connectivity index (χ0v) is 4.05. The molecule has 5 heteroatoms. The van der Waals surface area contributed by atoms with Crippen LogP contribution in [0.1, 0.15) is 0 Å². The van der Waals surface area contributed by atoms with E-state index in [2.05, 4.69) is 5.04 Å². The summed E-state index contributed by atoms with van der Waals surface area (Å²) in [7, 11) is 0. The van der Waals surface area contributed by atoms with Gasteiger partial charge in [0.2, 0.25) is 0 Å². The molecule has 0 aliphatic carbocycles. The van der Waals surface area contributed by atoms with Crippen LogP contribution in [-0.4, -0.2) is 10.5 Å². The molecular formula is H2Co2O3. The maximum atomic E-state index is 6.62. The summed E-state index contributed by atoms with van der Waals surface area (Å²) in [4.78, 5) is 0. The van der Waals surface area contributed by atoms with Crippen molar-refractivity contribution >= 4 is 0 Å². The van der Waals surface area contributed by atoms with Gasteiger partial charge in [-0.2, -0.15) is 0 Å². The van der Waals surface area contributed by atoms with Crippen molar-refractivity contribution in [1.29, 1.82) is 0 Å². The van der Waals surface area contributed by atoms with Crippen molar-refractivity contribution in [3.05, 3.63) is 0 Å². The monoisotopic (exact) mass is 168 g/mol. The van der Waals surface area contributed by atoms with Crippen molar-refractivity contribution < 1.29 is 49.1 Å². The van der Waals surface area contributed by atoms with E-state index in [-0.39, 0.29) is 33.6 Å². The minimum atomic E-state index is 0. The Bertz CT molecular complexity index is 4.85. The van der Waals surface area contributed by atoms with Gasteiger partial charge in [0.05, 0.1) is 0 Å². The zero-order chi connectivity index (χ0) is 2.71. The van der Waals surface area contributed by atoms with Gasteiger partial charge >= 0.3 is 0 Å². The van der Waals surface area contributed by atoms with Crippen LogP contribution in [0, 0.1) is 0 Å². The predicted octanol–water partition coefficient (Wildman–Crippen LogP) is -0.0560. The van der Waals surface area contributed by atoms with E-state index in [0.717, 1.165) is 0 Å². The molecule has 0 aromatic rings. The molecule has 0 saturated heterocycles. The van der Waals surface area contributed by atoms with Crippen LogP contribution in [0.4, 0.5) is 0 Å². The van der Waals surface area contributed by atoms with E-state index >= 15 is 0 Å². The Morgan fingerprint density at radius 3 is 1.00 bits per heavy atom. The van der Waals surface area contributed by atoms with Crippen LogP contribution < -0.4 is 0 Å². The molecule has 0 aromatic carbocycles. The SMILES string of the molecule is OOO.[Co].[Co]. The van der Waals surface area contributed by atoms with Gasteiger partial charge in [-0.25, -0.2) is 10.5 Å². The van der Waals surface area contributed by atoms with Crippen LogP contribution >= 0.6 is 0 Å². The van der Waals surface area contributed by atoms with Crippen molar-refractivity contribution in [2.45, 2.75) is 0 Å². The Kier molecular flexibility index (Phi) is 69.8. The molecule has 0 saturated carbocycles. The Balaban J connectivity index is -0.0000000200. The molecule has 0 aliphatic heterocycles. The van der Waals surface area contributed by atoms with E-state index in [1.165, 1.54) is 0 Å². The molecular weight excluding hydrogens is 166 g/mol. The minimum Gasteiger partial charge on any atom is -0.221 e. The molecule has 0 rings (SSSR count). The first-order valence-corrected chi connectivity index (χ1v) is 0.365. The maximum absolute atomic E-state index is 6.62. The first-order valence-electron chi connectivity index (χ1n) is 0.365. The third kappa shape index (κ3) is 51.4. The first-order chi connectivity index (χ1) is 1.41. The zero-order valence-electron chi connectivity index (χ0n) is 1.97. The van der Waals surface area contributed by atoms with Crippen molar-refractivity contribution in [3.8, 4) is 0 Å². The number of rotatable bonds is 0. The van der Waals surface area contributed by atoms with Gasteiger partial charge < -0.3 is 0 Å². The van der Waals surface area contributed by atoms with Gasteiger partial charge in [0, 0.05) is 33.6 Å². The van der Waals surface area contributed by atoms with Crippen molar-refractivity contribution in [1.82, 2.24) is 0 Å². The van der Waals surface area contributed by atoms with Gasteiger partial charge in [-0.15, -0.1) is 0 Å². The fourth-order valence-electron chi connectivity index (χ4n) is 0. The molecule has 0 atom stereocenters. The van der Waals surface area contributed by atoms with Crippen molar-refractivity contribution in [3.63, 3.8) is 0 Å². The normalized spacial score (nSPS) is 3.60. The summed E-state index contributed by atoms with van der Waals surface area (Å²) >= 11 is 0. The molecule has 0 heterocycles. The third-order valence-electron chi connectivity index (χ3n) is 0. The summed E-state index contributed by atoms with van der Waals surface area (Å²) in [5.74, 6) is 0. The van der Waals surface area contributed by atoms with E-state index in [4.69, 9.17) is 10.5 Å². The molecule has 0 fully saturated rings. The maximum Gasteiger partial charge on any atom is 0 e. The van der Waals surface area contributed by atoms with Gasteiger partial charge in [0.15, 0.2) is 0 Å². The smallest absolute Gasteiger partial charge is 0 e. The molecule has 3 nitrogen and oxygen atoms in total. The van der Waals surface area contributed by atoms with Gasteiger partial charge in [-0.1, -0.05) is 5.04 Å². The average molecular weight is 168 g/mol. The first kappa shape index (κ1) is 16.9. The minimum absolute atomic E-state index is 0. The topological polar surface area (TPSA) is 49.7 Å². The molecule has 38 valence electrons. The van der Waals surface area contributed by atoms with Gasteiger partial charge in [-0.05, 0) is 0 Å². The van der Waals surface area contributed by atoms with Crippen LogP contribution in [0.15, 0.2) is 0 Å². The summed E-state index contributed by atoms with van der Waals surface area (Å²) in [6.45, 7) is 0. The van der Waals surface area contributed by atoms with Gasteiger partial charge in [0.1, 0.15) is 0 Å². The van der Waals surface area contributed by atoms with Crippen LogP contribution in [0.3, 0.4) is 0 Å². The van der Waals surface area contributed by atoms with Crippen LogP contribution in [-0.2, 0) is 38.6 Å². The summed E-state index contributed by atoms with van der Waals surface area (Å²) in [6.07, 6.45) is 0. The van der Waals surface area contributed by atoms with Crippen LogP contribution in [0.2, 0.25) is 0 Å². The van der Waals surface area contributed by atoms with E-state index in [9.17, 15) is 0 Å². The van der Waals surface area contributed by atoms with E-state index in [1.54, 1.807) is 0 Å². The Morgan fingerprint density at radius 1 is 1.00 bits per heavy atom.